The van der Waals surface area contributed by atoms with Crippen LogP contribution in [0.15, 0.2) is 54.6 Å². The van der Waals surface area contributed by atoms with Crippen LogP contribution in [0.1, 0.15) is 78.7 Å². The number of ether oxygens (including phenoxy) is 3. The second-order valence-electron chi connectivity index (χ2n) is 12.4. The molecule has 0 bridgehead atoms. The number of hydrogen-bond acceptors (Lipinski definition) is 5. The predicted octanol–water partition coefficient (Wildman–Crippen LogP) is 7.88. The standard InChI is InChI=1S/C33H46F3NO5/c1-7-8-13-23-18-19-24-14-12-17-26(24)27(23)20-21-28(22(2)37-30(39)42-31(3,4)5)41-29(38)32(40-6,33(34,35)36)25-15-10-9-11-16-25/h8-11,13,15-16,18-19,22-24,26-28H,7,12,14,17,20-21H2,1-6H3,(H,37,39)/b13-8+/t22-,23-,24+,26-,27-,28+,32?/m1/s1. The molecule has 234 valence electrons. The molecule has 1 unspecified atom stereocenters. The van der Waals surface area contributed by atoms with Gasteiger partial charge in [0.1, 0.15) is 11.7 Å². The summed E-state index contributed by atoms with van der Waals surface area (Å²) in [5, 5.41) is 2.68. The third kappa shape index (κ3) is 7.97. The molecule has 0 heterocycles. The van der Waals surface area contributed by atoms with Crippen molar-refractivity contribution in [1.82, 2.24) is 5.32 Å². The van der Waals surface area contributed by atoms with Crippen LogP contribution < -0.4 is 5.32 Å². The van der Waals surface area contributed by atoms with Crippen molar-refractivity contribution in [1.29, 1.82) is 0 Å². The number of carbonyl (C=O) groups excluding carboxylic acids is 2. The number of rotatable bonds is 11. The minimum absolute atomic E-state index is 0.187. The number of allylic oxidation sites excluding steroid dienone is 4. The molecule has 0 spiro atoms. The van der Waals surface area contributed by atoms with Crippen molar-refractivity contribution in [2.24, 2.45) is 23.7 Å². The highest BCUT2D eigenvalue weighted by Crippen LogP contribution is 2.47. The van der Waals surface area contributed by atoms with Crippen molar-refractivity contribution in [3.05, 3.63) is 60.2 Å². The van der Waals surface area contributed by atoms with Crippen molar-refractivity contribution in [2.45, 2.75) is 103 Å². The summed E-state index contributed by atoms with van der Waals surface area (Å²) in [7, 11) is 0.846. The van der Waals surface area contributed by atoms with Gasteiger partial charge in [-0.1, -0.05) is 68.0 Å². The van der Waals surface area contributed by atoms with Gasteiger partial charge in [0.2, 0.25) is 0 Å². The number of nitrogens with one attached hydrogen (secondary N) is 1. The maximum Gasteiger partial charge on any atom is 0.432 e. The van der Waals surface area contributed by atoms with Gasteiger partial charge in [-0.05, 0) is 83.5 Å². The van der Waals surface area contributed by atoms with Crippen molar-refractivity contribution in [3.63, 3.8) is 0 Å². The van der Waals surface area contributed by atoms with Gasteiger partial charge in [0.15, 0.2) is 0 Å². The molecule has 1 amide bonds. The van der Waals surface area contributed by atoms with Crippen molar-refractivity contribution in [2.75, 3.05) is 7.11 Å². The van der Waals surface area contributed by atoms with Gasteiger partial charge in [0.05, 0.1) is 6.04 Å². The monoisotopic (exact) mass is 593 g/mol. The Morgan fingerprint density at radius 3 is 2.38 bits per heavy atom. The summed E-state index contributed by atoms with van der Waals surface area (Å²) in [6, 6.07) is 5.92. The second kappa shape index (κ2) is 14.1. The van der Waals surface area contributed by atoms with Gasteiger partial charge in [-0.25, -0.2) is 9.59 Å². The van der Waals surface area contributed by atoms with Crippen LogP contribution in [0.2, 0.25) is 0 Å². The van der Waals surface area contributed by atoms with E-state index in [0.717, 1.165) is 32.8 Å². The first-order valence-electron chi connectivity index (χ1n) is 15.0. The lowest BCUT2D eigenvalue weighted by atomic mass is 9.69. The Balaban J connectivity index is 1.92. The molecule has 2 aliphatic rings. The molecule has 42 heavy (non-hydrogen) atoms. The summed E-state index contributed by atoms with van der Waals surface area (Å²) in [5.74, 6) is -0.221. The normalized spacial score (nSPS) is 25.4. The minimum Gasteiger partial charge on any atom is -0.458 e. The summed E-state index contributed by atoms with van der Waals surface area (Å²) in [6.07, 6.45) is 7.08. The van der Waals surface area contributed by atoms with Gasteiger partial charge in [0, 0.05) is 12.7 Å². The van der Waals surface area contributed by atoms with E-state index in [1.807, 2.05) is 0 Å². The van der Waals surface area contributed by atoms with Gasteiger partial charge < -0.3 is 19.5 Å². The highest BCUT2D eigenvalue weighted by molar-refractivity contribution is 5.83. The molecular formula is C33H46F3NO5. The zero-order valence-electron chi connectivity index (χ0n) is 25.6. The topological polar surface area (TPSA) is 73.9 Å². The Kier molecular flexibility index (Phi) is 11.3. The maximum absolute atomic E-state index is 14.6. The first kappa shape index (κ1) is 33.7. The second-order valence-corrected chi connectivity index (χ2v) is 12.4. The summed E-state index contributed by atoms with van der Waals surface area (Å²) in [4.78, 5) is 26.2. The molecule has 1 fully saturated rings. The quantitative estimate of drug-likeness (QED) is 0.209. The molecule has 1 N–H and O–H groups in total. The van der Waals surface area contributed by atoms with E-state index >= 15 is 0 Å². The lowest BCUT2D eigenvalue weighted by molar-refractivity contribution is -0.278. The van der Waals surface area contributed by atoms with Gasteiger partial charge >= 0.3 is 18.2 Å². The van der Waals surface area contributed by atoms with Crippen molar-refractivity contribution >= 4 is 12.1 Å². The van der Waals surface area contributed by atoms with E-state index in [9.17, 15) is 22.8 Å². The van der Waals surface area contributed by atoms with Gasteiger partial charge in [-0.2, -0.15) is 13.2 Å². The smallest absolute Gasteiger partial charge is 0.432 e. The summed E-state index contributed by atoms with van der Waals surface area (Å²) >= 11 is 0. The zero-order chi connectivity index (χ0) is 31.1. The molecule has 6 nitrogen and oxygen atoms in total. The molecule has 1 aromatic carbocycles. The van der Waals surface area contributed by atoms with Gasteiger partial charge in [0.25, 0.3) is 5.60 Å². The lowest BCUT2D eigenvalue weighted by Crippen LogP contribution is -2.54. The van der Waals surface area contributed by atoms with Crippen LogP contribution in [0.25, 0.3) is 0 Å². The first-order chi connectivity index (χ1) is 19.7. The number of alkyl carbamates (subject to hydrolysis) is 1. The Bertz CT molecular complexity index is 1100. The summed E-state index contributed by atoms with van der Waals surface area (Å²) in [5.41, 5.74) is -4.49. The van der Waals surface area contributed by atoms with Crippen LogP contribution in [-0.2, 0) is 24.6 Å². The Morgan fingerprint density at radius 1 is 1.10 bits per heavy atom. The van der Waals surface area contributed by atoms with Crippen LogP contribution in [0.5, 0.6) is 0 Å². The van der Waals surface area contributed by atoms with E-state index in [-0.39, 0.29) is 23.8 Å². The number of carbonyl (C=O) groups is 2. The van der Waals surface area contributed by atoms with Crippen molar-refractivity contribution < 1.29 is 37.0 Å². The number of alkyl halides is 3. The fourth-order valence-electron chi connectivity index (χ4n) is 6.36. The fraction of sp³-hybridized carbons (Fsp3) is 0.636. The molecule has 3 rings (SSSR count). The molecule has 7 atom stereocenters. The number of methoxy groups -OCH3 is 1. The first-order valence-corrected chi connectivity index (χ1v) is 15.0. The SMILES string of the molecule is CC/C=C/[C@@H]1C=C[C@@H]2CCC[C@H]2[C@@H]1CC[C@H](OC(=O)C(OC)(c1ccccc1)C(F)(F)F)[C@@H](C)NC(=O)OC(C)(C)C. The molecule has 0 radical (unpaired) electrons. The molecule has 2 aliphatic carbocycles. The predicted molar refractivity (Wildman–Crippen MR) is 156 cm³/mol. The molecule has 1 aromatic rings. The van der Waals surface area contributed by atoms with Gasteiger partial charge in [-0.3, -0.25) is 0 Å². The number of esters is 1. The summed E-state index contributed by atoms with van der Waals surface area (Å²) in [6.45, 7) is 8.82. The van der Waals surface area contributed by atoms with E-state index in [1.54, 1.807) is 33.8 Å². The van der Waals surface area contributed by atoms with E-state index in [0.29, 0.717) is 18.3 Å². The van der Waals surface area contributed by atoms with Gasteiger partial charge in [-0.15, -0.1) is 0 Å². The molecule has 0 saturated heterocycles. The largest absolute Gasteiger partial charge is 0.458 e. The molecular weight excluding hydrogens is 547 g/mol. The van der Waals surface area contributed by atoms with Crippen LogP contribution in [0.3, 0.4) is 0 Å². The highest BCUT2D eigenvalue weighted by Gasteiger charge is 2.64. The maximum atomic E-state index is 14.6. The third-order valence-electron chi connectivity index (χ3n) is 8.36. The number of fused-ring (bicyclic) bond motifs is 1. The Hall–Kier alpha value is -2.81. The number of hydrogen-bond donors (Lipinski definition) is 1. The zero-order valence-corrected chi connectivity index (χ0v) is 25.6. The molecule has 1 saturated carbocycles. The Labute approximate surface area is 248 Å². The van der Waals surface area contributed by atoms with E-state index < -0.39 is 41.6 Å². The van der Waals surface area contributed by atoms with E-state index in [2.05, 4.69) is 36.5 Å². The Morgan fingerprint density at radius 2 is 1.79 bits per heavy atom. The van der Waals surface area contributed by atoms with Crippen LogP contribution >= 0.6 is 0 Å². The van der Waals surface area contributed by atoms with Crippen LogP contribution in [0, 0.1) is 23.7 Å². The van der Waals surface area contributed by atoms with Crippen molar-refractivity contribution in [3.8, 4) is 0 Å². The average Bonchev–Trinajstić information content (AvgIpc) is 3.38. The third-order valence-corrected chi connectivity index (χ3v) is 8.36. The minimum atomic E-state index is -5.10. The lowest BCUT2D eigenvalue weighted by Gasteiger charge is -2.38. The summed E-state index contributed by atoms with van der Waals surface area (Å²) < 4.78 is 59.9. The van der Waals surface area contributed by atoms with E-state index in [4.69, 9.17) is 14.2 Å². The number of benzene rings is 1. The molecule has 0 aliphatic heterocycles. The fourth-order valence-corrected chi connectivity index (χ4v) is 6.36. The van der Waals surface area contributed by atoms with Crippen LogP contribution in [-0.4, -0.2) is 43.1 Å². The molecule has 0 aromatic heterocycles. The number of amides is 1. The molecule has 9 heteroatoms. The van der Waals surface area contributed by atoms with Crippen LogP contribution in [0.4, 0.5) is 18.0 Å². The van der Waals surface area contributed by atoms with E-state index in [1.165, 1.54) is 24.3 Å². The number of halogens is 3. The highest BCUT2D eigenvalue weighted by atomic mass is 19.4. The average molecular weight is 594 g/mol.